The number of hydrazone groups is 1. The SMILES string of the molecule is CC(c1cc2ccccn2c1-c1ccccn1)n1nc(-c2cc(F)cc(C3=NNNN3)c2)c2c(N)ncnc21. The zero-order valence-electron chi connectivity index (χ0n) is 20.7. The maximum Gasteiger partial charge on any atom is 0.170 e. The highest BCUT2D eigenvalue weighted by Crippen LogP contribution is 2.37. The fourth-order valence-corrected chi connectivity index (χ4v) is 5.03. The van der Waals surface area contributed by atoms with Gasteiger partial charge in [0.25, 0.3) is 0 Å². The van der Waals surface area contributed by atoms with Gasteiger partial charge in [-0.1, -0.05) is 12.1 Å². The van der Waals surface area contributed by atoms with Gasteiger partial charge in [0.1, 0.15) is 23.7 Å². The maximum atomic E-state index is 14.8. The van der Waals surface area contributed by atoms with Crippen molar-refractivity contribution < 1.29 is 4.39 Å². The molecule has 1 aliphatic heterocycles. The Bertz CT molecular complexity index is 1890. The van der Waals surface area contributed by atoms with Crippen molar-refractivity contribution in [1.82, 2.24) is 45.6 Å². The van der Waals surface area contributed by atoms with Gasteiger partial charge in [-0.2, -0.15) is 5.10 Å². The molecule has 0 spiro atoms. The lowest BCUT2D eigenvalue weighted by Gasteiger charge is -2.15. The Morgan fingerprint density at radius 2 is 1.85 bits per heavy atom. The van der Waals surface area contributed by atoms with Crippen molar-refractivity contribution in [3.05, 3.63) is 96.3 Å². The van der Waals surface area contributed by atoms with Gasteiger partial charge in [-0.05, 0) is 55.5 Å². The summed E-state index contributed by atoms with van der Waals surface area (Å²) < 4.78 is 18.7. The van der Waals surface area contributed by atoms with Gasteiger partial charge >= 0.3 is 0 Å². The molecule has 0 aliphatic carbocycles. The van der Waals surface area contributed by atoms with Gasteiger partial charge in [-0.3, -0.25) is 10.4 Å². The van der Waals surface area contributed by atoms with Crippen LogP contribution in [0.3, 0.4) is 0 Å². The third kappa shape index (κ3) is 3.73. The number of hydrazine groups is 2. The molecule has 1 aliphatic rings. The van der Waals surface area contributed by atoms with Crippen LogP contribution in [0.2, 0.25) is 0 Å². The summed E-state index contributed by atoms with van der Waals surface area (Å²) >= 11 is 0. The zero-order chi connectivity index (χ0) is 26.5. The van der Waals surface area contributed by atoms with Gasteiger partial charge in [0.15, 0.2) is 11.5 Å². The smallest absolute Gasteiger partial charge is 0.170 e. The molecule has 1 atom stereocenters. The molecule has 7 rings (SSSR count). The molecular formula is C27H22FN11. The lowest BCUT2D eigenvalue weighted by Crippen LogP contribution is -2.35. The predicted molar refractivity (Wildman–Crippen MR) is 146 cm³/mol. The molecule has 1 unspecified atom stereocenters. The summed E-state index contributed by atoms with van der Waals surface area (Å²) in [7, 11) is 0. The molecule has 1 aromatic carbocycles. The van der Waals surface area contributed by atoms with Crippen LogP contribution in [-0.2, 0) is 0 Å². The number of amidine groups is 1. The molecule has 192 valence electrons. The molecule has 12 heteroatoms. The number of hydrogen-bond acceptors (Lipinski definition) is 9. The van der Waals surface area contributed by atoms with Crippen molar-refractivity contribution in [3.8, 4) is 22.6 Å². The largest absolute Gasteiger partial charge is 0.383 e. The maximum absolute atomic E-state index is 14.8. The van der Waals surface area contributed by atoms with E-state index in [9.17, 15) is 4.39 Å². The Morgan fingerprint density at radius 1 is 0.974 bits per heavy atom. The fraction of sp³-hybridized carbons (Fsp3) is 0.0741. The number of benzene rings is 1. The van der Waals surface area contributed by atoms with Crippen LogP contribution < -0.4 is 22.2 Å². The predicted octanol–water partition coefficient (Wildman–Crippen LogP) is 3.41. The van der Waals surface area contributed by atoms with Gasteiger partial charge in [0, 0.05) is 34.6 Å². The summed E-state index contributed by atoms with van der Waals surface area (Å²) in [6.07, 6.45) is 5.20. The van der Waals surface area contributed by atoms with E-state index in [0.717, 1.165) is 22.5 Å². The Kier molecular flexibility index (Phi) is 5.20. The van der Waals surface area contributed by atoms with E-state index in [0.29, 0.717) is 33.7 Å². The Labute approximate surface area is 221 Å². The minimum Gasteiger partial charge on any atom is -0.383 e. The van der Waals surface area contributed by atoms with Crippen LogP contribution in [0.15, 0.2) is 84.5 Å². The number of aromatic nitrogens is 6. The summed E-state index contributed by atoms with van der Waals surface area (Å²) in [6.45, 7) is 2.04. The fourth-order valence-electron chi connectivity index (χ4n) is 5.03. The highest BCUT2D eigenvalue weighted by molar-refractivity contribution is 6.02. The van der Waals surface area contributed by atoms with E-state index in [4.69, 9.17) is 10.8 Å². The molecule has 0 saturated heterocycles. The average Bonchev–Trinajstić information content (AvgIpc) is 3.71. The Hall–Kier alpha value is -5.36. The Balaban J connectivity index is 1.44. The molecule has 5 aromatic heterocycles. The van der Waals surface area contributed by atoms with Crippen LogP contribution in [0.25, 0.3) is 39.2 Å². The van der Waals surface area contributed by atoms with E-state index in [1.54, 1.807) is 12.3 Å². The minimum atomic E-state index is -0.443. The highest BCUT2D eigenvalue weighted by Gasteiger charge is 2.26. The normalized spacial score (nSPS) is 13.8. The molecule has 0 fully saturated rings. The van der Waals surface area contributed by atoms with Gasteiger partial charge in [-0.25, -0.2) is 24.6 Å². The van der Waals surface area contributed by atoms with Crippen molar-refractivity contribution in [2.45, 2.75) is 13.0 Å². The standard InChI is InChI=1S/C27H22FN11/c1-15(20-13-19-6-3-5-9-38(19)24(20)21-7-2-4-8-30-21)39-27-22(25(29)31-14-32-27)23(35-39)16-10-17(12-18(28)11-16)26-33-36-37-34-26/h2-15,36-37H,1H3,(H,33,34)(H2,29,31,32). The summed E-state index contributed by atoms with van der Waals surface area (Å²) in [5.41, 5.74) is 20.3. The second-order valence-corrected chi connectivity index (χ2v) is 9.14. The number of anilines is 1. The molecule has 0 bridgehead atoms. The topological polar surface area (TPSA) is 135 Å². The summed E-state index contributed by atoms with van der Waals surface area (Å²) in [5.74, 6) is 0.254. The van der Waals surface area contributed by atoms with Crippen LogP contribution >= 0.6 is 0 Å². The van der Waals surface area contributed by atoms with E-state index in [1.165, 1.54) is 18.5 Å². The van der Waals surface area contributed by atoms with Crippen molar-refractivity contribution in [1.29, 1.82) is 0 Å². The first-order valence-electron chi connectivity index (χ1n) is 12.2. The average molecular weight is 520 g/mol. The first kappa shape index (κ1) is 22.8. The molecule has 0 saturated carbocycles. The van der Waals surface area contributed by atoms with Crippen LogP contribution in [-0.4, -0.2) is 35.0 Å². The molecule has 39 heavy (non-hydrogen) atoms. The molecule has 6 aromatic rings. The number of nitrogens with two attached hydrogens (primary N) is 1. The van der Waals surface area contributed by atoms with Gasteiger partial charge in [-0.15, -0.1) is 10.6 Å². The monoisotopic (exact) mass is 519 g/mol. The Morgan fingerprint density at radius 3 is 2.67 bits per heavy atom. The quantitative estimate of drug-likeness (QED) is 0.272. The van der Waals surface area contributed by atoms with Crippen molar-refractivity contribution >= 4 is 28.2 Å². The van der Waals surface area contributed by atoms with Crippen LogP contribution in [0, 0.1) is 5.82 Å². The first-order chi connectivity index (χ1) is 19.1. The second kappa shape index (κ2) is 8.89. The summed E-state index contributed by atoms with van der Waals surface area (Å²) in [5, 5.41) is 9.59. The molecule has 5 N–H and O–H groups in total. The lowest BCUT2D eigenvalue weighted by molar-refractivity contribution is 0.577. The molecular weight excluding hydrogens is 497 g/mol. The van der Waals surface area contributed by atoms with E-state index in [1.807, 2.05) is 54.2 Å². The first-order valence-corrected chi connectivity index (χ1v) is 12.2. The van der Waals surface area contributed by atoms with Gasteiger partial charge < -0.3 is 10.1 Å². The molecule has 0 amide bonds. The van der Waals surface area contributed by atoms with Gasteiger partial charge in [0.2, 0.25) is 0 Å². The van der Waals surface area contributed by atoms with E-state index in [2.05, 4.69) is 47.0 Å². The third-order valence-corrected chi connectivity index (χ3v) is 6.80. The number of hydrogen-bond donors (Lipinski definition) is 4. The zero-order valence-corrected chi connectivity index (χ0v) is 20.7. The number of fused-ring (bicyclic) bond motifs is 2. The molecule has 6 heterocycles. The number of nitrogens with zero attached hydrogens (tertiary/aromatic N) is 7. The highest BCUT2D eigenvalue weighted by atomic mass is 19.1. The second-order valence-electron chi connectivity index (χ2n) is 9.14. The van der Waals surface area contributed by atoms with E-state index < -0.39 is 5.82 Å². The van der Waals surface area contributed by atoms with Crippen LogP contribution in [0.5, 0.6) is 0 Å². The van der Waals surface area contributed by atoms with E-state index >= 15 is 0 Å². The number of halogens is 1. The van der Waals surface area contributed by atoms with Gasteiger partial charge in [0.05, 0.1) is 22.8 Å². The number of rotatable bonds is 5. The van der Waals surface area contributed by atoms with Crippen LogP contribution in [0.1, 0.15) is 24.1 Å². The molecule has 0 radical (unpaired) electrons. The third-order valence-electron chi connectivity index (χ3n) is 6.80. The lowest BCUT2D eigenvalue weighted by atomic mass is 10.0. The van der Waals surface area contributed by atoms with Crippen molar-refractivity contribution in [2.24, 2.45) is 5.10 Å². The minimum absolute atomic E-state index is 0.255. The molecule has 11 nitrogen and oxygen atoms in total. The van der Waals surface area contributed by atoms with Crippen molar-refractivity contribution in [2.75, 3.05) is 5.73 Å². The number of nitrogens with one attached hydrogen (secondary N) is 3. The number of pyridine rings is 2. The van der Waals surface area contributed by atoms with E-state index in [-0.39, 0.29) is 11.9 Å². The van der Waals surface area contributed by atoms with Crippen LogP contribution in [0.4, 0.5) is 10.2 Å². The summed E-state index contributed by atoms with van der Waals surface area (Å²) in [4.78, 5) is 13.4. The summed E-state index contributed by atoms with van der Waals surface area (Å²) in [6, 6.07) is 18.3. The number of nitrogen functional groups attached to an aromatic ring is 1. The van der Waals surface area contributed by atoms with Crippen molar-refractivity contribution in [3.63, 3.8) is 0 Å².